The van der Waals surface area contributed by atoms with E-state index in [1.807, 2.05) is 60.7 Å². The minimum atomic E-state index is -0.498. The summed E-state index contributed by atoms with van der Waals surface area (Å²) in [6.07, 6.45) is 10.0. The molecule has 8 heteroatoms. The number of aromatic nitrogens is 1. The molecule has 2 aliphatic carbocycles. The van der Waals surface area contributed by atoms with Gasteiger partial charge in [-0.15, -0.1) is 0 Å². The first kappa shape index (κ1) is 23.8. The Balaban J connectivity index is 1.20. The smallest absolute Gasteiger partial charge is 0.410 e. The van der Waals surface area contributed by atoms with Crippen LogP contribution < -0.4 is 10.2 Å². The van der Waals surface area contributed by atoms with Crippen LogP contribution in [0.15, 0.2) is 72.5 Å². The topological polar surface area (TPSA) is 91.8 Å². The van der Waals surface area contributed by atoms with E-state index in [9.17, 15) is 14.4 Å². The third-order valence-corrected chi connectivity index (χ3v) is 6.86. The molecule has 1 N–H and O–H groups in total. The lowest BCUT2D eigenvalue weighted by molar-refractivity contribution is -0.121. The number of pyridine rings is 1. The van der Waals surface area contributed by atoms with Crippen LogP contribution in [-0.4, -0.2) is 53.5 Å². The Morgan fingerprint density at radius 1 is 1.14 bits per heavy atom. The molecule has 1 unspecified atom stereocenters. The zero-order valence-corrected chi connectivity index (χ0v) is 20.4. The molecule has 2 fully saturated rings. The third-order valence-electron chi connectivity index (χ3n) is 6.86. The van der Waals surface area contributed by atoms with E-state index in [1.165, 1.54) is 4.90 Å². The molecule has 5 rings (SSSR count). The molecule has 8 nitrogen and oxygen atoms in total. The normalized spacial score (nSPS) is 21.7. The Kier molecular flexibility index (Phi) is 6.59. The summed E-state index contributed by atoms with van der Waals surface area (Å²) in [5.74, 6) is 0.311. The molecule has 3 aliphatic rings. The molecule has 1 aromatic carbocycles. The number of carbonyl (C=O) groups is 3. The van der Waals surface area contributed by atoms with E-state index in [-0.39, 0.29) is 30.4 Å². The van der Waals surface area contributed by atoms with Gasteiger partial charge in [0.25, 0.3) is 5.91 Å². The van der Waals surface area contributed by atoms with Crippen molar-refractivity contribution in [1.29, 1.82) is 0 Å². The fraction of sp³-hybridized carbons (Fsp3) is 0.357. The van der Waals surface area contributed by atoms with Crippen molar-refractivity contribution in [3.63, 3.8) is 0 Å². The lowest BCUT2D eigenvalue weighted by Crippen LogP contribution is -2.52. The van der Waals surface area contributed by atoms with Crippen molar-refractivity contribution in [2.45, 2.75) is 44.2 Å². The summed E-state index contributed by atoms with van der Waals surface area (Å²) >= 11 is 0. The molecule has 3 amide bonds. The van der Waals surface area contributed by atoms with Crippen molar-refractivity contribution in [2.75, 3.05) is 24.5 Å². The maximum absolute atomic E-state index is 12.8. The first-order chi connectivity index (χ1) is 17.4. The van der Waals surface area contributed by atoms with E-state index in [0.717, 1.165) is 30.4 Å². The van der Waals surface area contributed by atoms with Crippen LogP contribution in [0.4, 0.5) is 10.6 Å². The largest absolute Gasteiger partial charge is 0.445 e. The van der Waals surface area contributed by atoms with Crippen LogP contribution in [0, 0.1) is 0 Å². The summed E-state index contributed by atoms with van der Waals surface area (Å²) in [5.41, 5.74) is 2.18. The highest BCUT2D eigenvalue weighted by Gasteiger charge is 2.32. The highest BCUT2D eigenvalue weighted by molar-refractivity contribution is 5.97. The van der Waals surface area contributed by atoms with Gasteiger partial charge in [0.1, 0.15) is 19.0 Å². The van der Waals surface area contributed by atoms with E-state index in [4.69, 9.17) is 4.74 Å². The molecule has 1 atom stereocenters. The number of benzene rings is 1. The highest BCUT2D eigenvalue weighted by Crippen LogP contribution is 2.35. The molecule has 186 valence electrons. The Bertz CT molecular complexity index is 1200. The molecule has 1 saturated heterocycles. The maximum Gasteiger partial charge on any atom is 0.410 e. The van der Waals surface area contributed by atoms with Gasteiger partial charge in [-0.2, -0.15) is 0 Å². The molecule has 36 heavy (non-hydrogen) atoms. The van der Waals surface area contributed by atoms with E-state index >= 15 is 0 Å². The van der Waals surface area contributed by atoms with Crippen molar-refractivity contribution in [3.8, 4) is 0 Å². The summed E-state index contributed by atoms with van der Waals surface area (Å²) in [4.78, 5) is 45.4. The number of hydrogen-bond donors (Lipinski definition) is 1. The van der Waals surface area contributed by atoms with Crippen LogP contribution in [0.5, 0.6) is 0 Å². The Morgan fingerprint density at radius 2 is 1.94 bits per heavy atom. The second-order valence-corrected chi connectivity index (χ2v) is 9.78. The fourth-order valence-electron chi connectivity index (χ4n) is 4.49. The molecule has 1 aliphatic heterocycles. The number of ether oxygens (including phenoxy) is 1. The standard InChI is InChI=1S/C28H30N4O4/c1-28(13-5-8-21(16-28)26(34)30-23-10-11-23)22-9-12-24(29-17-22)32-15-14-31(18-25(32)33)27(35)36-19-20-6-3-2-4-7-20/h2-9,12,16-17,23H,10-11,13-15,18-19H2,1H3,(H,30,34). The van der Waals surface area contributed by atoms with E-state index in [2.05, 4.69) is 17.2 Å². The van der Waals surface area contributed by atoms with Crippen molar-refractivity contribution >= 4 is 23.7 Å². The quantitative estimate of drug-likeness (QED) is 0.675. The number of anilines is 1. The molecule has 1 aromatic heterocycles. The minimum absolute atomic E-state index is 0.0324. The molecule has 0 bridgehead atoms. The third kappa shape index (κ3) is 5.32. The number of allylic oxidation sites excluding steroid dienone is 2. The van der Waals surface area contributed by atoms with Gasteiger partial charge >= 0.3 is 6.09 Å². The number of hydrogen-bond acceptors (Lipinski definition) is 5. The van der Waals surface area contributed by atoms with Gasteiger partial charge in [-0.3, -0.25) is 19.4 Å². The summed E-state index contributed by atoms with van der Waals surface area (Å²) in [5, 5.41) is 3.04. The monoisotopic (exact) mass is 486 g/mol. The molecule has 0 radical (unpaired) electrons. The Hall–Kier alpha value is -3.94. The first-order valence-corrected chi connectivity index (χ1v) is 12.3. The Morgan fingerprint density at radius 3 is 2.64 bits per heavy atom. The molecule has 2 aromatic rings. The average Bonchev–Trinajstić information content (AvgIpc) is 3.72. The predicted octanol–water partition coefficient (Wildman–Crippen LogP) is 3.49. The lowest BCUT2D eigenvalue weighted by Gasteiger charge is -2.33. The lowest BCUT2D eigenvalue weighted by atomic mass is 9.76. The van der Waals surface area contributed by atoms with Crippen LogP contribution >= 0.6 is 0 Å². The second-order valence-electron chi connectivity index (χ2n) is 9.78. The number of nitrogens with zero attached hydrogens (tertiary/aromatic N) is 3. The van der Waals surface area contributed by atoms with Gasteiger partial charge < -0.3 is 10.1 Å². The van der Waals surface area contributed by atoms with Gasteiger partial charge in [-0.25, -0.2) is 9.78 Å². The van der Waals surface area contributed by atoms with Gasteiger partial charge in [0.15, 0.2) is 0 Å². The van der Waals surface area contributed by atoms with Crippen molar-refractivity contribution < 1.29 is 19.1 Å². The van der Waals surface area contributed by atoms with E-state index in [0.29, 0.717) is 30.5 Å². The van der Waals surface area contributed by atoms with E-state index in [1.54, 1.807) is 11.1 Å². The number of nitrogens with one attached hydrogen (secondary N) is 1. The number of carbonyl (C=O) groups excluding carboxylic acids is 3. The molecule has 0 spiro atoms. The van der Waals surface area contributed by atoms with E-state index < -0.39 is 6.09 Å². The number of piperazine rings is 1. The summed E-state index contributed by atoms with van der Waals surface area (Å²) in [6.45, 7) is 2.91. The van der Waals surface area contributed by atoms with Crippen LogP contribution in [0.25, 0.3) is 0 Å². The second kappa shape index (κ2) is 9.97. The van der Waals surface area contributed by atoms with Crippen LogP contribution in [-0.2, 0) is 26.3 Å². The zero-order valence-electron chi connectivity index (χ0n) is 20.4. The predicted molar refractivity (Wildman–Crippen MR) is 135 cm³/mol. The van der Waals surface area contributed by atoms with Crippen LogP contribution in [0.3, 0.4) is 0 Å². The summed E-state index contributed by atoms with van der Waals surface area (Å²) < 4.78 is 5.36. The highest BCUT2D eigenvalue weighted by atomic mass is 16.6. The number of amides is 3. The van der Waals surface area contributed by atoms with Gasteiger partial charge in [0.2, 0.25) is 5.91 Å². The minimum Gasteiger partial charge on any atom is -0.445 e. The van der Waals surface area contributed by atoms with Crippen molar-refractivity contribution in [3.05, 3.63) is 83.6 Å². The summed E-state index contributed by atoms with van der Waals surface area (Å²) in [7, 11) is 0. The van der Waals surface area contributed by atoms with Crippen molar-refractivity contribution in [1.82, 2.24) is 15.2 Å². The number of rotatable bonds is 6. The summed E-state index contributed by atoms with van der Waals surface area (Å²) in [6, 6.07) is 13.5. The van der Waals surface area contributed by atoms with Gasteiger partial charge in [-0.05, 0) is 36.5 Å². The molecular formula is C28H30N4O4. The van der Waals surface area contributed by atoms with Crippen LogP contribution in [0.2, 0.25) is 0 Å². The molecular weight excluding hydrogens is 456 g/mol. The maximum atomic E-state index is 12.8. The molecule has 2 heterocycles. The average molecular weight is 487 g/mol. The van der Waals surface area contributed by atoms with Gasteiger partial charge in [-0.1, -0.05) is 61.5 Å². The van der Waals surface area contributed by atoms with Crippen molar-refractivity contribution in [2.24, 2.45) is 0 Å². The first-order valence-electron chi connectivity index (χ1n) is 12.3. The zero-order chi connectivity index (χ0) is 25.1. The fourth-order valence-corrected chi connectivity index (χ4v) is 4.49. The van der Waals surface area contributed by atoms with Gasteiger partial charge in [0, 0.05) is 36.3 Å². The molecule has 1 saturated carbocycles. The van der Waals surface area contributed by atoms with Gasteiger partial charge in [0.05, 0.1) is 0 Å². The van der Waals surface area contributed by atoms with Crippen LogP contribution in [0.1, 0.15) is 37.3 Å². The SMILES string of the molecule is CC1(c2ccc(N3CCN(C(=O)OCc4ccccc4)CC3=O)nc2)C=C(C(=O)NC2CC2)C=CC1. The Labute approximate surface area is 210 Å².